The molecular formula is C22H19ClN4S2. The number of hydrogen-bond acceptors (Lipinski definition) is 5. The normalized spacial score (nSPS) is 13.7. The van der Waals surface area contributed by atoms with Gasteiger partial charge in [-0.2, -0.15) is 0 Å². The molecule has 1 aliphatic carbocycles. The fourth-order valence-electron chi connectivity index (χ4n) is 3.24. The Balaban J connectivity index is 1.34. The lowest BCUT2D eigenvalue weighted by Crippen LogP contribution is -2.06. The van der Waals surface area contributed by atoms with Gasteiger partial charge < -0.3 is 4.57 Å². The molecule has 1 aliphatic rings. The molecule has 0 saturated heterocycles. The molecule has 1 saturated carbocycles. The molecule has 2 aromatic carbocycles. The molecule has 0 atom stereocenters. The summed E-state index contributed by atoms with van der Waals surface area (Å²) >= 11 is 9.64. The van der Waals surface area contributed by atoms with E-state index in [1.807, 2.05) is 30.3 Å². The van der Waals surface area contributed by atoms with Gasteiger partial charge in [-0.15, -0.1) is 21.5 Å². The predicted octanol–water partition coefficient (Wildman–Crippen LogP) is 6.27. The van der Waals surface area contributed by atoms with Crippen LogP contribution in [-0.2, 0) is 12.3 Å². The summed E-state index contributed by atoms with van der Waals surface area (Å²) in [7, 11) is 0. The van der Waals surface area contributed by atoms with Crippen molar-refractivity contribution in [3.63, 3.8) is 0 Å². The third kappa shape index (κ3) is 4.25. The predicted molar refractivity (Wildman–Crippen MR) is 120 cm³/mol. The molecule has 29 heavy (non-hydrogen) atoms. The van der Waals surface area contributed by atoms with Crippen molar-refractivity contribution in [3.05, 3.63) is 82.1 Å². The van der Waals surface area contributed by atoms with Crippen molar-refractivity contribution in [1.82, 2.24) is 19.7 Å². The molecule has 0 N–H and O–H groups in total. The molecule has 0 amide bonds. The van der Waals surface area contributed by atoms with Gasteiger partial charge >= 0.3 is 0 Å². The summed E-state index contributed by atoms with van der Waals surface area (Å²) in [6.45, 7) is 0.809. The fourth-order valence-corrected chi connectivity index (χ4v) is 5.32. The van der Waals surface area contributed by atoms with Gasteiger partial charge in [0, 0.05) is 22.6 Å². The van der Waals surface area contributed by atoms with Crippen LogP contribution in [0.25, 0.3) is 10.6 Å². The van der Waals surface area contributed by atoms with E-state index in [0.29, 0.717) is 5.92 Å². The van der Waals surface area contributed by atoms with E-state index in [2.05, 4.69) is 44.4 Å². The summed E-state index contributed by atoms with van der Waals surface area (Å²) in [5, 5.41) is 13.8. The third-order valence-corrected chi connectivity index (χ3v) is 7.13. The maximum atomic E-state index is 6.32. The van der Waals surface area contributed by atoms with Crippen LogP contribution >= 0.6 is 34.7 Å². The van der Waals surface area contributed by atoms with Gasteiger partial charge in [0.05, 0.1) is 17.3 Å². The van der Waals surface area contributed by atoms with E-state index in [0.717, 1.165) is 44.6 Å². The molecule has 0 aliphatic heterocycles. The summed E-state index contributed by atoms with van der Waals surface area (Å²) in [6, 6.07) is 18.4. The van der Waals surface area contributed by atoms with Gasteiger partial charge in [0.25, 0.3) is 0 Å². The van der Waals surface area contributed by atoms with Gasteiger partial charge in [-0.1, -0.05) is 71.9 Å². The highest BCUT2D eigenvalue weighted by Gasteiger charge is 2.30. The quantitative estimate of drug-likeness (QED) is 0.319. The number of thiazole rings is 1. The average molecular weight is 439 g/mol. The monoisotopic (exact) mass is 438 g/mol. The molecule has 4 nitrogen and oxygen atoms in total. The molecule has 0 unspecified atom stereocenters. The molecule has 2 heterocycles. The van der Waals surface area contributed by atoms with Crippen molar-refractivity contribution in [2.75, 3.05) is 0 Å². The van der Waals surface area contributed by atoms with Crippen LogP contribution in [0.15, 0.2) is 65.1 Å². The Hall–Kier alpha value is -2.15. The number of thioether (sulfide) groups is 1. The largest absolute Gasteiger partial charge is 0.301 e. The molecule has 5 rings (SSSR count). The van der Waals surface area contributed by atoms with Crippen LogP contribution in [0.4, 0.5) is 0 Å². The Morgan fingerprint density at radius 3 is 2.62 bits per heavy atom. The van der Waals surface area contributed by atoms with Gasteiger partial charge in [0.2, 0.25) is 0 Å². The van der Waals surface area contributed by atoms with Crippen molar-refractivity contribution >= 4 is 34.7 Å². The second-order valence-electron chi connectivity index (χ2n) is 7.10. The molecule has 1 fully saturated rings. The number of halogens is 1. The number of benzene rings is 2. The zero-order chi connectivity index (χ0) is 19.6. The van der Waals surface area contributed by atoms with Crippen molar-refractivity contribution in [3.8, 4) is 10.6 Å². The minimum absolute atomic E-state index is 0.562. The number of rotatable bonds is 7. The van der Waals surface area contributed by atoms with E-state index in [1.165, 1.54) is 18.4 Å². The number of nitrogens with zero attached hydrogens (tertiary/aromatic N) is 4. The zero-order valence-electron chi connectivity index (χ0n) is 15.7. The topological polar surface area (TPSA) is 43.6 Å². The van der Waals surface area contributed by atoms with E-state index in [-0.39, 0.29) is 0 Å². The minimum Gasteiger partial charge on any atom is -0.301 e. The van der Waals surface area contributed by atoms with Crippen LogP contribution in [0.2, 0.25) is 5.02 Å². The lowest BCUT2D eigenvalue weighted by Gasteiger charge is -2.09. The molecule has 0 spiro atoms. The van der Waals surface area contributed by atoms with E-state index >= 15 is 0 Å². The van der Waals surface area contributed by atoms with Crippen LogP contribution in [0.1, 0.15) is 35.8 Å². The first kappa shape index (κ1) is 18.9. The van der Waals surface area contributed by atoms with Crippen LogP contribution in [0, 0.1) is 0 Å². The summed E-state index contributed by atoms with van der Waals surface area (Å²) in [5.74, 6) is 2.44. The molecule has 0 bridgehead atoms. The molecule has 146 valence electrons. The third-order valence-electron chi connectivity index (χ3n) is 4.88. The highest BCUT2D eigenvalue weighted by atomic mass is 35.5. The summed E-state index contributed by atoms with van der Waals surface area (Å²) in [5.41, 5.74) is 3.29. The van der Waals surface area contributed by atoms with E-state index in [1.54, 1.807) is 23.1 Å². The van der Waals surface area contributed by atoms with Crippen LogP contribution in [-0.4, -0.2) is 19.7 Å². The molecular weight excluding hydrogens is 420 g/mol. The van der Waals surface area contributed by atoms with Gasteiger partial charge in [0.15, 0.2) is 5.16 Å². The summed E-state index contributed by atoms with van der Waals surface area (Å²) < 4.78 is 2.28. The van der Waals surface area contributed by atoms with Crippen molar-refractivity contribution in [2.45, 2.75) is 36.2 Å². The first-order valence-corrected chi connectivity index (χ1v) is 11.8. The Morgan fingerprint density at radius 2 is 1.83 bits per heavy atom. The minimum atomic E-state index is 0.562. The maximum Gasteiger partial charge on any atom is 0.191 e. The first-order valence-electron chi connectivity index (χ1n) is 9.57. The van der Waals surface area contributed by atoms with Crippen LogP contribution < -0.4 is 0 Å². The second-order valence-corrected chi connectivity index (χ2v) is 9.31. The van der Waals surface area contributed by atoms with Crippen molar-refractivity contribution < 1.29 is 0 Å². The number of hydrogen-bond donors (Lipinski definition) is 0. The van der Waals surface area contributed by atoms with Gasteiger partial charge in [-0.25, -0.2) is 4.98 Å². The maximum absolute atomic E-state index is 6.32. The van der Waals surface area contributed by atoms with Gasteiger partial charge in [-0.3, -0.25) is 0 Å². The fraction of sp³-hybridized carbons (Fsp3) is 0.227. The lowest BCUT2D eigenvalue weighted by molar-refractivity contribution is 0.667. The standard InChI is InChI=1S/C22H19ClN4S2/c23-19-9-5-4-8-18(19)21-24-17(13-28-21)14-29-22-26-25-20(16-10-11-16)27(22)12-15-6-2-1-3-7-15/h1-9,13,16H,10-12,14H2. The Kier molecular flexibility index (Phi) is 5.40. The Labute approximate surface area is 183 Å². The van der Waals surface area contributed by atoms with Crippen molar-refractivity contribution in [2.24, 2.45) is 0 Å². The molecule has 4 aromatic rings. The lowest BCUT2D eigenvalue weighted by atomic mass is 10.2. The summed E-state index contributed by atoms with van der Waals surface area (Å²) in [6.07, 6.45) is 2.43. The molecule has 0 radical (unpaired) electrons. The summed E-state index contributed by atoms with van der Waals surface area (Å²) in [4.78, 5) is 4.78. The Bertz CT molecular complexity index is 1120. The van der Waals surface area contributed by atoms with Gasteiger partial charge in [0.1, 0.15) is 10.8 Å². The smallest absolute Gasteiger partial charge is 0.191 e. The SMILES string of the molecule is Clc1ccccc1-c1nc(CSc2nnc(C3CC3)n2Cc2ccccc2)cs1. The van der Waals surface area contributed by atoms with E-state index in [9.17, 15) is 0 Å². The highest BCUT2D eigenvalue weighted by Crippen LogP contribution is 2.40. The second kappa shape index (κ2) is 8.30. The number of aromatic nitrogens is 4. The van der Waals surface area contributed by atoms with E-state index < -0.39 is 0 Å². The van der Waals surface area contributed by atoms with Gasteiger partial charge in [-0.05, 0) is 24.5 Å². The van der Waals surface area contributed by atoms with Crippen LogP contribution in [0.3, 0.4) is 0 Å². The average Bonchev–Trinajstić information content (AvgIpc) is 3.35. The van der Waals surface area contributed by atoms with Crippen LogP contribution in [0.5, 0.6) is 0 Å². The molecule has 2 aromatic heterocycles. The highest BCUT2D eigenvalue weighted by molar-refractivity contribution is 7.98. The van der Waals surface area contributed by atoms with Crippen molar-refractivity contribution in [1.29, 1.82) is 0 Å². The first-order chi connectivity index (χ1) is 14.3. The zero-order valence-corrected chi connectivity index (χ0v) is 18.1. The molecule has 7 heteroatoms. The Morgan fingerprint density at radius 1 is 1.03 bits per heavy atom. The van der Waals surface area contributed by atoms with E-state index in [4.69, 9.17) is 16.6 Å².